The second kappa shape index (κ2) is 8.89. The molecular weight excluding hydrogens is 394 g/mol. The van der Waals surface area contributed by atoms with Crippen LogP contribution in [0.2, 0.25) is 20.1 Å². The number of amides is 2. The van der Waals surface area contributed by atoms with Gasteiger partial charge in [0, 0.05) is 21.2 Å². The van der Waals surface area contributed by atoms with E-state index in [2.05, 4.69) is 21.1 Å². The molecule has 0 aliphatic heterocycles. The van der Waals surface area contributed by atoms with Gasteiger partial charge in [0.25, 0.3) is 0 Å². The molecule has 9 heteroatoms. The van der Waals surface area contributed by atoms with Crippen LogP contribution in [-0.4, -0.2) is 18.5 Å². The van der Waals surface area contributed by atoms with Crippen molar-refractivity contribution in [2.45, 2.75) is 0 Å². The molecule has 5 nitrogen and oxygen atoms in total. The summed E-state index contributed by atoms with van der Waals surface area (Å²) < 4.78 is 0. The van der Waals surface area contributed by atoms with Crippen LogP contribution in [0.25, 0.3) is 0 Å². The minimum Gasteiger partial charge on any atom is -0.245 e. The average molecular weight is 404 g/mol. The summed E-state index contributed by atoms with van der Waals surface area (Å²) in [5, 5.41) is 9.37. The predicted octanol–water partition coefficient (Wildman–Crippen LogP) is 4.97. The zero-order chi connectivity index (χ0) is 17.5. The van der Waals surface area contributed by atoms with Gasteiger partial charge in [0.2, 0.25) is 0 Å². The first-order chi connectivity index (χ1) is 11.5. The normalized spacial score (nSPS) is 11.2. The van der Waals surface area contributed by atoms with Crippen LogP contribution in [0.5, 0.6) is 0 Å². The molecule has 0 aliphatic carbocycles. The van der Waals surface area contributed by atoms with E-state index in [1.54, 1.807) is 36.4 Å². The molecule has 0 radical (unpaired) electrons. The summed E-state index contributed by atoms with van der Waals surface area (Å²) in [6.45, 7) is 0. The fourth-order valence-electron chi connectivity index (χ4n) is 1.56. The van der Waals surface area contributed by atoms with E-state index in [0.29, 0.717) is 31.2 Å². The number of hydrogen-bond acceptors (Lipinski definition) is 3. The lowest BCUT2D eigenvalue weighted by atomic mass is 10.2. The molecular formula is C15H10Cl4N4O. The molecule has 0 saturated carbocycles. The lowest BCUT2D eigenvalue weighted by Crippen LogP contribution is -2.28. The molecule has 2 rings (SSSR count). The maximum Gasteiger partial charge on any atom is 0.355 e. The Balaban J connectivity index is 1.87. The van der Waals surface area contributed by atoms with Gasteiger partial charge in [-0.15, -0.1) is 0 Å². The Morgan fingerprint density at radius 3 is 1.58 bits per heavy atom. The van der Waals surface area contributed by atoms with Gasteiger partial charge < -0.3 is 0 Å². The fourth-order valence-corrected chi connectivity index (χ4v) is 2.47. The minimum atomic E-state index is -0.627. The Bertz CT molecular complexity index is 743. The Morgan fingerprint density at radius 1 is 0.792 bits per heavy atom. The van der Waals surface area contributed by atoms with Gasteiger partial charge in [-0.25, -0.2) is 15.6 Å². The summed E-state index contributed by atoms with van der Waals surface area (Å²) in [6.07, 6.45) is 2.77. The van der Waals surface area contributed by atoms with E-state index in [4.69, 9.17) is 46.4 Å². The number of rotatable bonds is 4. The number of carbonyl (C=O) groups excluding carboxylic acids is 1. The number of benzene rings is 2. The standard InChI is InChI=1S/C15H10Cl4N4O/c16-11-3-1-9(13(18)5-11)7-20-22-15(24)23-21-8-10-2-4-12(17)6-14(10)19/h1-8H,(H2,22,23,24)/b20-7+,21-8?. The van der Waals surface area contributed by atoms with Gasteiger partial charge in [-0.2, -0.15) is 10.2 Å². The molecule has 0 aliphatic rings. The summed E-state index contributed by atoms with van der Waals surface area (Å²) in [6, 6.07) is 9.19. The van der Waals surface area contributed by atoms with Gasteiger partial charge in [-0.05, 0) is 24.3 Å². The van der Waals surface area contributed by atoms with Gasteiger partial charge >= 0.3 is 6.03 Å². The van der Waals surface area contributed by atoms with Crippen molar-refractivity contribution in [1.82, 2.24) is 10.9 Å². The number of hydrogen-bond donors (Lipinski definition) is 2. The summed E-state index contributed by atoms with van der Waals surface area (Å²) in [5.74, 6) is 0. The Kier molecular flexibility index (Phi) is 6.87. The van der Waals surface area contributed by atoms with Crippen LogP contribution >= 0.6 is 46.4 Å². The first-order valence-electron chi connectivity index (χ1n) is 6.48. The Labute approximate surface area is 158 Å². The second-order valence-electron chi connectivity index (χ2n) is 4.40. The van der Waals surface area contributed by atoms with Crippen molar-refractivity contribution in [3.63, 3.8) is 0 Å². The van der Waals surface area contributed by atoms with Gasteiger partial charge in [0.15, 0.2) is 0 Å². The summed E-state index contributed by atoms with van der Waals surface area (Å²) in [4.78, 5) is 11.5. The molecule has 0 spiro atoms. The molecule has 0 unspecified atom stereocenters. The summed E-state index contributed by atoms with van der Waals surface area (Å²) >= 11 is 23.5. The Hall–Kier alpha value is -1.79. The maximum absolute atomic E-state index is 11.5. The van der Waals surface area contributed by atoms with Crippen LogP contribution in [-0.2, 0) is 0 Å². The molecule has 0 saturated heterocycles. The molecule has 2 amide bonds. The van der Waals surface area contributed by atoms with Crippen LogP contribution in [0.3, 0.4) is 0 Å². The van der Waals surface area contributed by atoms with Crippen LogP contribution in [0.4, 0.5) is 4.79 Å². The van der Waals surface area contributed by atoms with Crippen molar-refractivity contribution in [2.75, 3.05) is 0 Å². The molecule has 0 aromatic heterocycles. The molecule has 2 aromatic carbocycles. The molecule has 0 fully saturated rings. The highest BCUT2D eigenvalue weighted by Crippen LogP contribution is 2.20. The molecule has 2 N–H and O–H groups in total. The fraction of sp³-hybridized carbons (Fsp3) is 0. The third kappa shape index (κ3) is 5.69. The highest BCUT2D eigenvalue weighted by molar-refractivity contribution is 6.36. The maximum atomic E-state index is 11.5. The van der Waals surface area contributed by atoms with E-state index in [-0.39, 0.29) is 0 Å². The van der Waals surface area contributed by atoms with Crippen LogP contribution < -0.4 is 10.9 Å². The SMILES string of the molecule is O=C(NN=Cc1ccc(Cl)cc1Cl)N/N=C/c1ccc(Cl)cc1Cl. The number of hydrazone groups is 2. The first-order valence-corrected chi connectivity index (χ1v) is 7.99. The first kappa shape index (κ1) is 18.5. The van der Waals surface area contributed by atoms with E-state index in [0.717, 1.165) is 0 Å². The zero-order valence-electron chi connectivity index (χ0n) is 11.9. The second-order valence-corrected chi connectivity index (χ2v) is 6.09. The zero-order valence-corrected chi connectivity index (χ0v) is 15.0. The average Bonchev–Trinajstić information content (AvgIpc) is 2.51. The molecule has 0 heterocycles. The van der Waals surface area contributed by atoms with Gasteiger partial charge in [-0.1, -0.05) is 58.5 Å². The lowest BCUT2D eigenvalue weighted by molar-refractivity contribution is 0.242. The van der Waals surface area contributed by atoms with Gasteiger partial charge in [0.1, 0.15) is 0 Å². The van der Waals surface area contributed by atoms with Crippen molar-refractivity contribution >= 4 is 64.9 Å². The molecule has 0 bridgehead atoms. The quantitative estimate of drug-likeness (QED) is 0.549. The minimum absolute atomic E-state index is 0.420. The van der Waals surface area contributed by atoms with E-state index >= 15 is 0 Å². The lowest BCUT2D eigenvalue weighted by Gasteiger charge is -2.00. The number of halogens is 4. The molecule has 24 heavy (non-hydrogen) atoms. The molecule has 124 valence electrons. The number of urea groups is 1. The van der Waals surface area contributed by atoms with Crippen molar-refractivity contribution in [1.29, 1.82) is 0 Å². The van der Waals surface area contributed by atoms with Crippen LogP contribution in [0.15, 0.2) is 46.6 Å². The van der Waals surface area contributed by atoms with Crippen LogP contribution in [0, 0.1) is 0 Å². The Morgan fingerprint density at radius 2 is 1.21 bits per heavy atom. The van der Waals surface area contributed by atoms with E-state index < -0.39 is 6.03 Å². The number of carbonyl (C=O) groups is 1. The third-order valence-electron chi connectivity index (χ3n) is 2.66. The summed E-state index contributed by atoms with van der Waals surface area (Å²) in [7, 11) is 0. The monoisotopic (exact) mass is 402 g/mol. The number of nitrogens with zero attached hydrogens (tertiary/aromatic N) is 2. The molecule has 0 atom stereocenters. The van der Waals surface area contributed by atoms with Gasteiger partial charge in [-0.3, -0.25) is 0 Å². The number of nitrogens with one attached hydrogen (secondary N) is 2. The van der Waals surface area contributed by atoms with E-state index in [1.165, 1.54) is 12.4 Å². The van der Waals surface area contributed by atoms with Crippen molar-refractivity contribution in [3.05, 3.63) is 67.6 Å². The topological polar surface area (TPSA) is 65.8 Å². The van der Waals surface area contributed by atoms with Crippen molar-refractivity contribution < 1.29 is 4.79 Å². The van der Waals surface area contributed by atoms with E-state index in [1.807, 2.05) is 0 Å². The molecule has 2 aromatic rings. The van der Waals surface area contributed by atoms with Crippen molar-refractivity contribution in [3.8, 4) is 0 Å². The summed E-state index contributed by atoms with van der Waals surface area (Å²) in [5.41, 5.74) is 5.70. The van der Waals surface area contributed by atoms with Gasteiger partial charge in [0.05, 0.1) is 22.5 Å². The smallest absolute Gasteiger partial charge is 0.245 e. The van der Waals surface area contributed by atoms with Crippen LogP contribution in [0.1, 0.15) is 11.1 Å². The predicted molar refractivity (Wildman–Crippen MR) is 99.8 cm³/mol. The largest absolute Gasteiger partial charge is 0.355 e. The third-order valence-corrected chi connectivity index (χ3v) is 3.79. The highest BCUT2D eigenvalue weighted by Gasteiger charge is 2.00. The highest BCUT2D eigenvalue weighted by atomic mass is 35.5. The van der Waals surface area contributed by atoms with E-state index in [9.17, 15) is 4.79 Å². The van der Waals surface area contributed by atoms with Crippen molar-refractivity contribution in [2.24, 2.45) is 10.2 Å².